The number of amides is 3. The molecule has 0 aliphatic carbocycles. The molecule has 3 N–H and O–H groups in total. The minimum absolute atomic E-state index is 0.229. The van der Waals surface area contributed by atoms with Crippen molar-refractivity contribution in [1.82, 2.24) is 15.5 Å². The van der Waals surface area contributed by atoms with Gasteiger partial charge in [-0.1, -0.05) is 27.7 Å². The minimum atomic E-state index is -4.90. The molecule has 1 aromatic rings. The highest BCUT2D eigenvalue weighted by Crippen LogP contribution is 2.27. The number of likely N-dealkylation sites (tertiary alicyclic amines) is 1. The van der Waals surface area contributed by atoms with Gasteiger partial charge in [0.1, 0.15) is 17.8 Å². The van der Waals surface area contributed by atoms with E-state index in [1.54, 1.807) is 38.1 Å². The summed E-state index contributed by atoms with van der Waals surface area (Å²) in [4.78, 5) is 40.3. The first-order chi connectivity index (χ1) is 16.3. The zero-order chi connectivity index (χ0) is 26.5. The number of halogens is 3. The SMILES string of the molecule is COc1ccc(C(=O)NC(C(=O)N2CCCC2C(=O)NC(C(C)C)C(O)C(F)(F)F)C(C)C)cc1. The maximum Gasteiger partial charge on any atom is 0.416 e. The summed E-state index contributed by atoms with van der Waals surface area (Å²) in [5, 5.41) is 14.7. The summed E-state index contributed by atoms with van der Waals surface area (Å²) in [5.41, 5.74) is 0.320. The fourth-order valence-corrected chi connectivity index (χ4v) is 4.04. The van der Waals surface area contributed by atoms with Crippen molar-refractivity contribution in [2.45, 2.75) is 70.9 Å². The van der Waals surface area contributed by atoms with E-state index in [1.165, 1.54) is 25.9 Å². The molecule has 0 radical (unpaired) electrons. The molecule has 1 aromatic carbocycles. The Morgan fingerprint density at radius 2 is 1.66 bits per heavy atom. The molecule has 0 spiro atoms. The normalized spacial score (nSPS) is 18.8. The van der Waals surface area contributed by atoms with Gasteiger partial charge in [0.2, 0.25) is 11.8 Å². The Hall–Kier alpha value is -2.82. The van der Waals surface area contributed by atoms with Crippen LogP contribution in [0.25, 0.3) is 0 Å². The smallest absolute Gasteiger partial charge is 0.416 e. The van der Waals surface area contributed by atoms with E-state index in [0.717, 1.165) is 0 Å². The average molecular weight is 502 g/mol. The summed E-state index contributed by atoms with van der Waals surface area (Å²) in [6, 6.07) is 2.84. The van der Waals surface area contributed by atoms with Crippen LogP contribution in [0.1, 0.15) is 50.9 Å². The zero-order valence-electron chi connectivity index (χ0n) is 20.6. The van der Waals surface area contributed by atoms with Crippen molar-refractivity contribution < 1.29 is 37.4 Å². The Balaban J connectivity index is 2.16. The first kappa shape index (κ1) is 28.4. The van der Waals surface area contributed by atoms with E-state index < -0.39 is 54.0 Å². The first-order valence-electron chi connectivity index (χ1n) is 11.6. The third-order valence-corrected chi connectivity index (χ3v) is 6.11. The van der Waals surface area contributed by atoms with Crippen LogP contribution in [-0.2, 0) is 9.59 Å². The van der Waals surface area contributed by atoms with Crippen molar-refractivity contribution in [2.24, 2.45) is 11.8 Å². The van der Waals surface area contributed by atoms with Crippen molar-refractivity contribution in [3.63, 3.8) is 0 Å². The molecule has 3 amide bonds. The quantitative estimate of drug-likeness (QED) is 0.482. The fraction of sp³-hybridized carbons (Fsp3) is 0.625. The highest BCUT2D eigenvalue weighted by atomic mass is 19.4. The van der Waals surface area contributed by atoms with Gasteiger partial charge in [-0.3, -0.25) is 14.4 Å². The third kappa shape index (κ3) is 7.09. The van der Waals surface area contributed by atoms with Gasteiger partial charge in [-0.15, -0.1) is 0 Å². The van der Waals surface area contributed by atoms with Gasteiger partial charge in [-0.25, -0.2) is 0 Å². The fourth-order valence-electron chi connectivity index (χ4n) is 4.04. The van der Waals surface area contributed by atoms with E-state index in [4.69, 9.17) is 4.74 Å². The Morgan fingerprint density at radius 1 is 1.06 bits per heavy atom. The number of ether oxygens (including phenoxy) is 1. The lowest BCUT2D eigenvalue weighted by Crippen LogP contribution is -2.59. The molecule has 35 heavy (non-hydrogen) atoms. The van der Waals surface area contributed by atoms with Gasteiger partial charge in [-0.2, -0.15) is 13.2 Å². The lowest BCUT2D eigenvalue weighted by molar-refractivity contribution is -0.215. The van der Waals surface area contributed by atoms with E-state index in [2.05, 4.69) is 10.6 Å². The molecule has 4 atom stereocenters. The molecule has 11 heteroatoms. The number of hydrogen-bond donors (Lipinski definition) is 3. The predicted octanol–water partition coefficient (Wildman–Crippen LogP) is 2.50. The molecule has 4 unspecified atom stereocenters. The largest absolute Gasteiger partial charge is 0.497 e. The van der Waals surface area contributed by atoms with Crippen LogP contribution in [0.5, 0.6) is 5.75 Å². The number of rotatable bonds is 9. The van der Waals surface area contributed by atoms with Crippen LogP contribution in [0.15, 0.2) is 24.3 Å². The van der Waals surface area contributed by atoms with Gasteiger partial charge in [0.15, 0.2) is 6.10 Å². The second kappa shape index (κ2) is 11.7. The van der Waals surface area contributed by atoms with E-state index in [9.17, 15) is 32.7 Å². The summed E-state index contributed by atoms with van der Waals surface area (Å²) < 4.78 is 44.3. The summed E-state index contributed by atoms with van der Waals surface area (Å²) >= 11 is 0. The van der Waals surface area contributed by atoms with E-state index in [1.807, 2.05) is 0 Å². The topological polar surface area (TPSA) is 108 Å². The second-order valence-electron chi connectivity index (χ2n) is 9.38. The lowest BCUT2D eigenvalue weighted by atomic mass is 9.97. The number of methoxy groups -OCH3 is 1. The molecule has 8 nitrogen and oxygen atoms in total. The van der Waals surface area contributed by atoms with Gasteiger partial charge in [0, 0.05) is 12.1 Å². The molecule has 0 bridgehead atoms. The molecule has 0 aromatic heterocycles. The number of carbonyl (C=O) groups is 3. The van der Waals surface area contributed by atoms with Crippen LogP contribution < -0.4 is 15.4 Å². The number of aliphatic hydroxyl groups is 1. The van der Waals surface area contributed by atoms with Crippen molar-refractivity contribution in [3.8, 4) is 5.75 Å². The van der Waals surface area contributed by atoms with Crippen LogP contribution in [0.4, 0.5) is 13.2 Å². The number of benzene rings is 1. The molecule has 1 aliphatic heterocycles. The maximum absolute atomic E-state index is 13.4. The molecular formula is C24H34F3N3O5. The minimum Gasteiger partial charge on any atom is -0.497 e. The van der Waals surface area contributed by atoms with Crippen LogP contribution in [0, 0.1) is 11.8 Å². The maximum atomic E-state index is 13.4. The molecule has 2 rings (SSSR count). The Labute approximate surface area is 203 Å². The van der Waals surface area contributed by atoms with Crippen LogP contribution in [0.2, 0.25) is 0 Å². The highest BCUT2D eigenvalue weighted by molar-refractivity contribution is 5.98. The number of alkyl halides is 3. The van der Waals surface area contributed by atoms with Crippen LogP contribution in [0.3, 0.4) is 0 Å². The average Bonchev–Trinajstić information content (AvgIpc) is 3.29. The molecule has 1 aliphatic rings. The van der Waals surface area contributed by atoms with Crippen LogP contribution in [-0.4, -0.2) is 71.8 Å². The van der Waals surface area contributed by atoms with Gasteiger partial charge in [0.25, 0.3) is 5.91 Å². The lowest BCUT2D eigenvalue weighted by Gasteiger charge is -2.33. The summed E-state index contributed by atoms with van der Waals surface area (Å²) in [6.07, 6.45) is -6.89. The van der Waals surface area contributed by atoms with Crippen LogP contribution >= 0.6 is 0 Å². The Morgan fingerprint density at radius 3 is 2.14 bits per heavy atom. The van der Waals surface area contributed by atoms with Crippen molar-refractivity contribution in [1.29, 1.82) is 0 Å². The standard InChI is InChI=1S/C24H34F3N3O5/c1-13(2)18(20(31)24(25,26)27)28-22(33)17-7-6-12-30(17)23(34)19(14(3)4)29-21(32)15-8-10-16(35-5)11-9-15/h8-11,13-14,17-20,31H,6-7,12H2,1-5H3,(H,28,33)(H,29,32). The van der Waals surface area contributed by atoms with E-state index in [0.29, 0.717) is 17.7 Å². The van der Waals surface area contributed by atoms with Crippen molar-refractivity contribution in [2.75, 3.05) is 13.7 Å². The van der Waals surface area contributed by atoms with Gasteiger partial charge in [-0.05, 0) is 48.9 Å². The first-order valence-corrected chi connectivity index (χ1v) is 11.6. The van der Waals surface area contributed by atoms with Gasteiger partial charge < -0.3 is 25.4 Å². The molecular weight excluding hydrogens is 467 g/mol. The number of nitrogens with zero attached hydrogens (tertiary/aromatic N) is 1. The summed E-state index contributed by atoms with van der Waals surface area (Å²) in [5.74, 6) is -2.18. The van der Waals surface area contributed by atoms with Crippen molar-refractivity contribution in [3.05, 3.63) is 29.8 Å². The molecule has 1 heterocycles. The molecule has 1 fully saturated rings. The monoisotopic (exact) mass is 501 g/mol. The number of aliphatic hydroxyl groups excluding tert-OH is 1. The van der Waals surface area contributed by atoms with Crippen molar-refractivity contribution >= 4 is 17.7 Å². The zero-order valence-corrected chi connectivity index (χ0v) is 20.6. The second-order valence-corrected chi connectivity index (χ2v) is 9.38. The number of hydrogen-bond acceptors (Lipinski definition) is 5. The number of nitrogens with one attached hydrogen (secondary N) is 2. The van der Waals surface area contributed by atoms with E-state index >= 15 is 0 Å². The van der Waals surface area contributed by atoms with E-state index in [-0.39, 0.29) is 18.9 Å². The highest BCUT2D eigenvalue weighted by Gasteiger charge is 2.46. The Kier molecular flexibility index (Phi) is 9.53. The molecule has 196 valence electrons. The summed E-state index contributed by atoms with van der Waals surface area (Å²) in [7, 11) is 1.50. The van der Waals surface area contributed by atoms with Gasteiger partial charge in [0.05, 0.1) is 13.2 Å². The van der Waals surface area contributed by atoms with Gasteiger partial charge >= 0.3 is 6.18 Å². The third-order valence-electron chi connectivity index (χ3n) is 6.11. The molecule has 0 saturated carbocycles. The Bertz CT molecular complexity index is 889. The number of carbonyl (C=O) groups excluding carboxylic acids is 3. The molecule has 1 saturated heterocycles. The predicted molar refractivity (Wildman–Crippen MR) is 123 cm³/mol. The summed E-state index contributed by atoms with van der Waals surface area (Å²) in [6.45, 7) is 6.64.